The molecule has 2 amide bonds. The highest BCUT2D eigenvalue weighted by molar-refractivity contribution is 7.84. The molecule has 0 saturated heterocycles. The summed E-state index contributed by atoms with van der Waals surface area (Å²) in [6, 6.07) is -1.52. The molecule has 0 aromatic carbocycles. The van der Waals surface area contributed by atoms with Crippen molar-refractivity contribution in [3.63, 3.8) is 0 Å². The Morgan fingerprint density at radius 1 is 1.50 bits per heavy atom. The van der Waals surface area contributed by atoms with Crippen LogP contribution >= 0.6 is 0 Å². The molecule has 0 fully saturated rings. The van der Waals surface area contributed by atoms with Crippen molar-refractivity contribution in [2.75, 3.05) is 12.8 Å². The highest BCUT2D eigenvalue weighted by Crippen LogP contribution is 1.97. The first-order valence-corrected chi connectivity index (χ1v) is 7.20. The Balaban J connectivity index is 3.99. The zero-order valence-electron chi connectivity index (χ0n) is 10.6. The zero-order valence-corrected chi connectivity index (χ0v) is 11.5. The van der Waals surface area contributed by atoms with Crippen molar-refractivity contribution >= 4 is 22.8 Å². The Morgan fingerprint density at radius 3 is 2.56 bits per heavy atom. The Bertz CT molecular complexity index is 333. The number of carboxylic acid groups (broad SMARTS) is 1. The van der Waals surface area contributed by atoms with E-state index in [2.05, 4.69) is 17.2 Å². The number of amides is 2. The lowest BCUT2D eigenvalue weighted by atomic mass is 10.2. The molecule has 0 aromatic rings. The minimum atomic E-state index is -1.10. The predicted octanol–water partition coefficient (Wildman–Crippen LogP) is 0.472. The van der Waals surface area contributed by atoms with Crippen molar-refractivity contribution in [2.45, 2.75) is 31.1 Å². The molecule has 0 bridgehead atoms. The third-order valence-electron chi connectivity index (χ3n) is 2.41. The zero-order chi connectivity index (χ0) is 14.1. The molecule has 3 atom stereocenters. The van der Waals surface area contributed by atoms with Crippen LogP contribution in [0, 0.1) is 0 Å². The van der Waals surface area contributed by atoms with E-state index < -0.39 is 28.8 Å². The average Bonchev–Trinajstić information content (AvgIpc) is 2.27. The molecule has 104 valence electrons. The highest BCUT2D eigenvalue weighted by Gasteiger charge is 2.17. The number of rotatable bonds is 8. The lowest BCUT2D eigenvalue weighted by Gasteiger charge is -2.14. The average molecular weight is 276 g/mol. The number of hydrogen-bond donors (Lipinski definition) is 3. The Morgan fingerprint density at radius 2 is 2.11 bits per heavy atom. The summed E-state index contributed by atoms with van der Waals surface area (Å²) in [5.74, 6) is -1.10. The first-order chi connectivity index (χ1) is 8.38. The van der Waals surface area contributed by atoms with Gasteiger partial charge in [-0.1, -0.05) is 13.0 Å². The lowest BCUT2D eigenvalue weighted by molar-refractivity contribution is -0.139. The SMILES string of the molecule is C=CCC(NC(=O)NCCC(C)S(C)=O)C(=O)O. The second kappa shape index (κ2) is 8.68. The van der Waals surface area contributed by atoms with Crippen LogP contribution in [0.5, 0.6) is 0 Å². The quantitative estimate of drug-likeness (QED) is 0.562. The number of hydrogen-bond acceptors (Lipinski definition) is 3. The van der Waals surface area contributed by atoms with E-state index in [4.69, 9.17) is 5.11 Å². The molecule has 3 unspecified atom stereocenters. The number of urea groups is 1. The summed E-state index contributed by atoms with van der Waals surface area (Å²) in [5.41, 5.74) is 0. The minimum Gasteiger partial charge on any atom is -0.480 e. The van der Waals surface area contributed by atoms with E-state index in [9.17, 15) is 13.8 Å². The van der Waals surface area contributed by atoms with E-state index in [-0.39, 0.29) is 11.7 Å². The summed E-state index contributed by atoms with van der Waals surface area (Å²) in [5, 5.41) is 13.7. The van der Waals surface area contributed by atoms with Crippen LogP contribution < -0.4 is 10.6 Å². The van der Waals surface area contributed by atoms with E-state index in [0.29, 0.717) is 13.0 Å². The number of carbonyl (C=O) groups is 2. The van der Waals surface area contributed by atoms with Crippen LogP contribution in [-0.2, 0) is 15.6 Å². The van der Waals surface area contributed by atoms with Crippen LogP contribution in [0.25, 0.3) is 0 Å². The minimum absolute atomic E-state index is 0.00579. The Kier molecular flexibility index (Phi) is 8.02. The smallest absolute Gasteiger partial charge is 0.326 e. The Labute approximate surface area is 109 Å². The number of nitrogens with one attached hydrogen (secondary N) is 2. The molecular formula is C11H20N2O4S. The first-order valence-electron chi connectivity index (χ1n) is 5.58. The molecular weight excluding hydrogens is 256 g/mol. The molecule has 0 aliphatic rings. The van der Waals surface area contributed by atoms with Gasteiger partial charge >= 0.3 is 12.0 Å². The monoisotopic (exact) mass is 276 g/mol. The highest BCUT2D eigenvalue weighted by atomic mass is 32.2. The molecule has 0 aromatic heterocycles. The molecule has 0 heterocycles. The van der Waals surface area contributed by atoms with Gasteiger partial charge in [-0.3, -0.25) is 4.21 Å². The second-order valence-electron chi connectivity index (χ2n) is 3.91. The maximum atomic E-state index is 11.4. The topological polar surface area (TPSA) is 95.5 Å². The Hall–Kier alpha value is -1.37. The van der Waals surface area contributed by atoms with Gasteiger partial charge in [0.15, 0.2) is 0 Å². The fourth-order valence-electron chi connectivity index (χ4n) is 1.15. The van der Waals surface area contributed by atoms with Crippen LogP contribution in [-0.4, -0.2) is 45.4 Å². The fourth-order valence-corrected chi connectivity index (χ4v) is 1.60. The third-order valence-corrected chi connectivity index (χ3v) is 3.78. The first kappa shape index (κ1) is 16.6. The van der Waals surface area contributed by atoms with Gasteiger partial charge in [0.25, 0.3) is 0 Å². The van der Waals surface area contributed by atoms with E-state index in [0.717, 1.165) is 0 Å². The maximum Gasteiger partial charge on any atom is 0.326 e. The van der Waals surface area contributed by atoms with Gasteiger partial charge < -0.3 is 15.7 Å². The summed E-state index contributed by atoms with van der Waals surface area (Å²) >= 11 is 0. The van der Waals surface area contributed by atoms with Gasteiger partial charge in [0.2, 0.25) is 0 Å². The number of carboxylic acids is 1. The van der Waals surface area contributed by atoms with Crippen molar-refractivity contribution in [1.82, 2.24) is 10.6 Å². The van der Waals surface area contributed by atoms with Crippen molar-refractivity contribution < 1.29 is 18.9 Å². The summed E-state index contributed by atoms with van der Waals surface area (Å²) in [4.78, 5) is 22.2. The summed E-state index contributed by atoms with van der Waals surface area (Å²) in [7, 11) is -0.925. The van der Waals surface area contributed by atoms with E-state index in [1.54, 1.807) is 6.26 Å². The third kappa shape index (κ3) is 7.05. The van der Waals surface area contributed by atoms with Gasteiger partial charge in [0, 0.05) is 28.9 Å². The van der Waals surface area contributed by atoms with Crippen LogP contribution in [0.4, 0.5) is 4.79 Å². The molecule has 6 nitrogen and oxygen atoms in total. The van der Waals surface area contributed by atoms with E-state index in [1.165, 1.54) is 6.08 Å². The van der Waals surface area contributed by atoms with Gasteiger partial charge in [0.1, 0.15) is 6.04 Å². The van der Waals surface area contributed by atoms with Crippen molar-refractivity contribution in [2.24, 2.45) is 0 Å². The number of aliphatic carboxylic acids is 1. The van der Waals surface area contributed by atoms with Gasteiger partial charge in [-0.2, -0.15) is 0 Å². The standard InChI is InChI=1S/C11H20N2O4S/c1-4-5-9(10(14)15)13-11(16)12-7-6-8(2)18(3)17/h4,8-9H,1,5-7H2,2-3H3,(H,14,15)(H2,12,13,16). The fraction of sp³-hybridized carbons (Fsp3) is 0.636. The van der Waals surface area contributed by atoms with E-state index >= 15 is 0 Å². The summed E-state index contributed by atoms with van der Waals surface area (Å²) in [6.45, 7) is 5.61. The van der Waals surface area contributed by atoms with Crippen molar-refractivity contribution in [3.05, 3.63) is 12.7 Å². The molecule has 7 heteroatoms. The lowest BCUT2D eigenvalue weighted by Crippen LogP contribution is -2.46. The molecule has 18 heavy (non-hydrogen) atoms. The molecule has 0 aliphatic heterocycles. The summed E-state index contributed by atoms with van der Waals surface area (Å²) in [6.07, 6.45) is 3.78. The van der Waals surface area contributed by atoms with Gasteiger partial charge in [-0.05, 0) is 12.8 Å². The van der Waals surface area contributed by atoms with Crippen LogP contribution in [0.15, 0.2) is 12.7 Å². The van der Waals surface area contributed by atoms with Gasteiger partial charge in [-0.25, -0.2) is 9.59 Å². The van der Waals surface area contributed by atoms with Crippen molar-refractivity contribution in [3.8, 4) is 0 Å². The second-order valence-corrected chi connectivity index (χ2v) is 5.72. The predicted molar refractivity (Wildman–Crippen MR) is 70.9 cm³/mol. The molecule has 3 N–H and O–H groups in total. The van der Waals surface area contributed by atoms with E-state index in [1.807, 2.05) is 6.92 Å². The molecule has 0 radical (unpaired) electrons. The van der Waals surface area contributed by atoms with Gasteiger partial charge in [0.05, 0.1) is 0 Å². The maximum absolute atomic E-state index is 11.4. The van der Waals surface area contributed by atoms with Gasteiger partial charge in [-0.15, -0.1) is 6.58 Å². The van der Waals surface area contributed by atoms with Crippen LogP contribution in [0.3, 0.4) is 0 Å². The molecule has 0 saturated carbocycles. The van der Waals surface area contributed by atoms with Crippen molar-refractivity contribution in [1.29, 1.82) is 0 Å². The largest absolute Gasteiger partial charge is 0.480 e. The normalized spacial score (nSPS) is 15.2. The molecule has 0 spiro atoms. The summed E-state index contributed by atoms with van der Waals surface area (Å²) < 4.78 is 11.1. The van der Waals surface area contributed by atoms with Crippen LogP contribution in [0.1, 0.15) is 19.8 Å². The van der Waals surface area contributed by atoms with Crippen LogP contribution in [0.2, 0.25) is 0 Å². The number of carbonyl (C=O) groups excluding carboxylic acids is 1. The molecule has 0 rings (SSSR count). The molecule has 0 aliphatic carbocycles.